The molecule has 0 unspecified atom stereocenters. The molecular formula is C25H27N5O3. The van der Waals surface area contributed by atoms with Gasteiger partial charge in [-0.3, -0.25) is 14.7 Å². The minimum absolute atomic E-state index is 0.220. The fraction of sp³-hybridized carbons (Fsp3) is 0.200. The van der Waals surface area contributed by atoms with Gasteiger partial charge in [0.2, 0.25) is 6.41 Å². The van der Waals surface area contributed by atoms with Gasteiger partial charge in [0, 0.05) is 19.7 Å². The lowest BCUT2D eigenvalue weighted by Gasteiger charge is -2.25. The quantitative estimate of drug-likeness (QED) is 0.181. The second-order valence-corrected chi connectivity index (χ2v) is 6.99. The molecule has 3 rings (SSSR count). The number of benzene rings is 2. The number of carbonyl (C=O) groups is 2. The number of anilines is 2. The van der Waals surface area contributed by atoms with E-state index in [-0.39, 0.29) is 6.61 Å². The fourth-order valence-corrected chi connectivity index (χ4v) is 3.60. The molecule has 1 heterocycles. The first-order valence-corrected chi connectivity index (χ1v) is 10.5. The number of esters is 1. The third kappa shape index (κ3) is 4.91. The molecule has 0 aliphatic heterocycles. The Hall–Kier alpha value is -4.04. The molecule has 0 aliphatic rings. The molecule has 1 aromatic heterocycles. The molecule has 0 radical (unpaired) electrons. The minimum atomic E-state index is -0.494. The Bertz CT molecular complexity index is 1150. The Balaban J connectivity index is 2.47. The van der Waals surface area contributed by atoms with E-state index in [9.17, 15) is 9.59 Å². The summed E-state index contributed by atoms with van der Waals surface area (Å²) in [5.74, 6) is 0.252. The van der Waals surface area contributed by atoms with Crippen molar-refractivity contribution in [3.05, 3.63) is 77.5 Å². The van der Waals surface area contributed by atoms with Crippen LogP contribution in [0.25, 0.3) is 11.1 Å². The molecule has 0 aliphatic carbocycles. The van der Waals surface area contributed by atoms with Crippen LogP contribution in [0.1, 0.15) is 28.5 Å². The van der Waals surface area contributed by atoms with Gasteiger partial charge >= 0.3 is 5.97 Å². The summed E-state index contributed by atoms with van der Waals surface area (Å²) in [5, 5.41) is 0. The van der Waals surface area contributed by atoms with E-state index in [1.807, 2.05) is 60.7 Å². The number of rotatable bonds is 8. The molecule has 8 nitrogen and oxygen atoms in total. The summed E-state index contributed by atoms with van der Waals surface area (Å²) in [4.78, 5) is 35.9. The highest BCUT2D eigenvalue weighted by Gasteiger charge is 2.30. The Kier molecular flexibility index (Phi) is 7.88. The van der Waals surface area contributed by atoms with Crippen molar-refractivity contribution in [1.82, 2.24) is 15.8 Å². The van der Waals surface area contributed by atoms with Crippen LogP contribution in [0, 0.1) is 6.92 Å². The van der Waals surface area contributed by atoms with E-state index in [1.165, 1.54) is 4.90 Å². The van der Waals surface area contributed by atoms with Gasteiger partial charge in [0.1, 0.15) is 5.84 Å². The van der Waals surface area contributed by atoms with Gasteiger partial charge in [0.15, 0.2) is 5.82 Å². The Labute approximate surface area is 193 Å². The molecular weight excluding hydrogens is 418 g/mol. The molecule has 33 heavy (non-hydrogen) atoms. The number of nitrogens with zero attached hydrogens (tertiary/aromatic N) is 3. The number of aromatic nitrogens is 1. The van der Waals surface area contributed by atoms with E-state index >= 15 is 0 Å². The lowest BCUT2D eigenvalue weighted by molar-refractivity contribution is -0.106. The van der Waals surface area contributed by atoms with Crippen LogP contribution in [0.2, 0.25) is 0 Å². The summed E-state index contributed by atoms with van der Waals surface area (Å²) in [5.41, 5.74) is 9.10. The number of carbonyl (C=O) groups excluding carboxylic acids is 2. The van der Waals surface area contributed by atoms with Crippen molar-refractivity contribution in [2.24, 2.45) is 4.99 Å². The lowest BCUT2D eigenvalue weighted by atomic mass is 9.92. The highest BCUT2D eigenvalue weighted by molar-refractivity contribution is 6.14. The summed E-state index contributed by atoms with van der Waals surface area (Å²) in [7, 11) is 3.32. The van der Waals surface area contributed by atoms with Crippen LogP contribution in [0.4, 0.5) is 11.5 Å². The van der Waals surface area contributed by atoms with Gasteiger partial charge in [-0.15, -0.1) is 0 Å². The maximum atomic E-state index is 13.1. The molecule has 0 fully saturated rings. The topological polar surface area (TPSA) is 95.9 Å². The van der Waals surface area contributed by atoms with Crippen LogP contribution in [0.3, 0.4) is 0 Å². The van der Waals surface area contributed by atoms with Gasteiger partial charge in [-0.05, 0) is 31.5 Å². The number of hydrazine groups is 1. The van der Waals surface area contributed by atoms with E-state index in [0.717, 1.165) is 5.56 Å². The number of para-hydroxylation sites is 1. The molecule has 3 aromatic rings. The number of amidine groups is 1. The van der Waals surface area contributed by atoms with Crippen molar-refractivity contribution in [3.8, 4) is 11.1 Å². The molecule has 1 amide bonds. The highest BCUT2D eigenvalue weighted by atomic mass is 16.5. The smallest absolute Gasteiger partial charge is 0.340 e. The molecule has 0 spiro atoms. The van der Waals surface area contributed by atoms with Gasteiger partial charge < -0.3 is 10.2 Å². The van der Waals surface area contributed by atoms with Crippen molar-refractivity contribution in [2.75, 3.05) is 25.6 Å². The molecule has 0 saturated carbocycles. The number of aryl methyl sites for hydroxylation is 1. The van der Waals surface area contributed by atoms with Crippen LogP contribution >= 0.6 is 0 Å². The van der Waals surface area contributed by atoms with Crippen molar-refractivity contribution in [3.63, 3.8) is 0 Å². The Morgan fingerprint density at radius 1 is 1.09 bits per heavy atom. The first-order valence-electron chi connectivity index (χ1n) is 10.5. The first kappa shape index (κ1) is 23.6. The minimum Gasteiger partial charge on any atom is -0.462 e. The SMILES string of the molecule is CCOC(=O)c1c(C)nc(N(C=O)c2ccccc2)c(C(=NC)NNC)c1-c1ccccc1. The molecule has 0 saturated heterocycles. The zero-order chi connectivity index (χ0) is 23.8. The summed E-state index contributed by atoms with van der Waals surface area (Å²) in [6.45, 7) is 3.70. The van der Waals surface area contributed by atoms with Crippen LogP contribution in [-0.4, -0.2) is 43.9 Å². The Morgan fingerprint density at radius 2 is 1.73 bits per heavy atom. The van der Waals surface area contributed by atoms with Crippen molar-refractivity contribution >= 4 is 29.7 Å². The van der Waals surface area contributed by atoms with E-state index in [2.05, 4.69) is 15.8 Å². The summed E-state index contributed by atoms with van der Waals surface area (Å²) < 4.78 is 5.37. The van der Waals surface area contributed by atoms with Gasteiger partial charge in [-0.25, -0.2) is 15.2 Å². The standard InChI is InChI=1S/C25H27N5O3/c1-5-33-25(32)20-17(2)28-24(30(16-31)19-14-10-7-11-15-19)22(23(26-3)29-27-4)21(20)18-12-8-6-9-13-18/h6-16,27H,5H2,1-4H3,(H,26,29). The van der Waals surface area contributed by atoms with Crippen molar-refractivity contribution < 1.29 is 14.3 Å². The number of aliphatic imine (C=N–C) groups is 1. The maximum absolute atomic E-state index is 13.1. The van der Waals surface area contributed by atoms with Crippen LogP contribution < -0.4 is 15.8 Å². The van der Waals surface area contributed by atoms with E-state index in [1.54, 1.807) is 27.9 Å². The fourth-order valence-electron chi connectivity index (χ4n) is 3.60. The molecule has 0 atom stereocenters. The number of amides is 1. The number of ether oxygens (including phenoxy) is 1. The predicted octanol–water partition coefficient (Wildman–Crippen LogP) is 3.63. The highest BCUT2D eigenvalue weighted by Crippen LogP contribution is 2.37. The largest absolute Gasteiger partial charge is 0.462 e. The van der Waals surface area contributed by atoms with Crippen LogP contribution in [-0.2, 0) is 9.53 Å². The predicted molar refractivity (Wildman–Crippen MR) is 130 cm³/mol. The average molecular weight is 446 g/mol. The number of hydrogen-bond acceptors (Lipinski definition) is 6. The van der Waals surface area contributed by atoms with Crippen molar-refractivity contribution in [1.29, 1.82) is 0 Å². The van der Waals surface area contributed by atoms with E-state index in [0.29, 0.717) is 46.1 Å². The van der Waals surface area contributed by atoms with E-state index in [4.69, 9.17) is 9.72 Å². The van der Waals surface area contributed by atoms with Crippen LogP contribution in [0.15, 0.2) is 65.7 Å². The molecule has 170 valence electrons. The zero-order valence-electron chi connectivity index (χ0n) is 19.1. The normalized spacial score (nSPS) is 11.1. The number of nitrogens with one attached hydrogen (secondary N) is 2. The average Bonchev–Trinajstić information content (AvgIpc) is 2.84. The van der Waals surface area contributed by atoms with Crippen molar-refractivity contribution in [2.45, 2.75) is 13.8 Å². The summed E-state index contributed by atoms with van der Waals surface area (Å²) in [6.07, 6.45) is 0.700. The van der Waals surface area contributed by atoms with E-state index < -0.39 is 5.97 Å². The summed E-state index contributed by atoms with van der Waals surface area (Å²) >= 11 is 0. The molecule has 2 N–H and O–H groups in total. The molecule has 2 aromatic carbocycles. The summed E-state index contributed by atoms with van der Waals surface area (Å²) in [6, 6.07) is 18.6. The number of pyridine rings is 1. The second-order valence-electron chi connectivity index (χ2n) is 6.99. The third-order valence-electron chi connectivity index (χ3n) is 4.97. The molecule has 8 heteroatoms. The lowest BCUT2D eigenvalue weighted by Crippen LogP contribution is -2.37. The Morgan fingerprint density at radius 3 is 2.27 bits per heavy atom. The second kappa shape index (κ2) is 11.0. The van der Waals surface area contributed by atoms with Gasteiger partial charge in [-0.2, -0.15) is 0 Å². The molecule has 0 bridgehead atoms. The number of hydrogen-bond donors (Lipinski definition) is 2. The first-order chi connectivity index (χ1) is 16.1. The van der Waals surface area contributed by atoms with Crippen LogP contribution in [0.5, 0.6) is 0 Å². The van der Waals surface area contributed by atoms with Gasteiger partial charge in [0.05, 0.1) is 29.1 Å². The van der Waals surface area contributed by atoms with Gasteiger partial charge in [0.25, 0.3) is 0 Å². The maximum Gasteiger partial charge on any atom is 0.340 e. The zero-order valence-corrected chi connectivity index (χ0v) is 19.1. The monoisotopic (exact) mass is 445 g/mol. The third-order valence-corrected chi connectivity index (χ3v) is 4.97. The van der Waals surface area contributed by atoms with Gasteiger partial charge in [-0.1, -0.05) is 48.5 Å².